The molecule has 0 bridgehead atoms. The van der Waals surface area contributed by atoms with Crippen LogP contribution in [0, 0.1) is 5.82 Å². The summed E-state index contributed by atoms with van der Waals surface area (Å²) >= 11 is 1.45. The number of carbonyl (C=O) groups is 1. The zero-order chi connectivity index (χ0) is 22.9. The Balaban J connectivity index is 1.47. The van der Waals surface area contributed by atoms with Crippen molar-refractivity contribution in [2.75, 3.05) is 5.43 Å². The van der Waals surface area contributed by atoms with E-state index in [1.807, 2.05) is 6.20 Å². The van der Waals surface area contributed by atoms with Crippen LogP contribution < -0.4 is 14.2 Å². The predicted molar refractivity (Wildman–Crippen MR) is 108 cm³/mol. The van der Waals surface area contributed by atoms with Gasteiger partial charge in [0.05, 0.1) is 4.88 Å². The quantitative estimate of drug-likeness (QED) is 0.391. The van der Waals surface area contributed by atoms with E-state index in [9.17, 15) is 26.7 Å². The topological polar surface area (TPSA) is 42.2 Å². The standard InChI is InChI=1S/C22H17F5N2O2S/c23-18-11-14(20(30)28-29-12-15-3-1-2-4-19(15)32-29)7-10-17(18)13-5-8-16(9-6-13)31-22(26,27)21(24)25/h5-12,21H,1-4H2/p+1. The molecule has 0 spiro atoms. The van der Waals surface area contributed by atoms with Gasteiger partial charge in [0.25, 0.3) is 0 Å². The normalized spacial score (nSPS) is 13.7. The third kappa shape index (κ3) is 4.74. The fourth-order valence-corrected chi connectivity index (χ4v) is 4.50. The smallest absolute Gasteiger partial charge is 0.428 e. The van der Waals surface area contributed by atoms with Crippen LogP contribution in [0.1, 0.15) is 33.6 Å². The van der Waals surface area contributed by atoms with E-state index in [-0.39, 0.29) is 11.1 Å². The van der Waals surface area contributed by atoms with Gasteiger partial charge in [-0.2, -0.15) is 17.6 Å². The Kier molecular flexibility index (Phi) is 6.14. The lowest BCUT2D eigenvalue weighted by atomic mass is 10.0. The van der Waals surface area contributed by atoms with Gasteiger partial charge in [-0.25, -0.2) is 4.39 Å². The van der Waals surface area contributed by atoms with Crippen molar-refractivity contribution in [2.24, 2.45) is 0 Å². The number of nitrogens with one attached hydrogen (secondary N) is 1. The van der Waals surface area contributed by atoms with Crippen LogP contribution in [0.15, 0.2) is 48.7 Å². The van der Waals surface area contributed by atoms with Crippen molar-refractivity contribution in [1.29, 1.82) is 0 Å². The van der Waals surface area contributed by atoms with Crippen LogP contribution in [0.2, 0.25) is 0 Å². The van der Waals surface area contributed by atoms with Gasteiger partial charge < -0.3 is 4.74 Å². The molecule has 4 nitrogen and oxygen atoms in total. The predicted octanol–water partition coefficient (Wildman–Crippen LogP) is 5.34. The molecule has 4 rings (SSSR count). The maximum Gasteiger partial charge on any atom is 0.461 e. The number of aromatic nitrogens is 1. The number of alkyl halides is 4. The molecule has 1 aliphatic rings. The molecule has 32 heavy (non-hydrogen) atoms. The number of hydrogen-bond donors (Lipinski definition) is 1. The third-order valence-electron chi connectivity index (χ3n) is 5.06. The van der Waals surface area contributed by atoms with Gasteiger partial charge in [0.1, 0.15) is 11.6 Å². The van der Waals surface area contributed by atoms with E-state index in [2.05, 4.69) is 10.2 Å². The molecule has 1 N–H and O–H groups in total. The van der Waals surface area contributed by atoms with E-state index in [1.165, 1.54) is 46.2 Å². The van der Waals surface area contributed by atoms with Crippen LogP contribution in [0.4, 0.5) is 22.0 Å². The first-order valence-corrected chi connectivity index (χ1v) is 10.6. The fourth-order valence-electron chi connectivity index (χ4n) is 3.44. The zero-order valence-corrected chi connectivity index (χ0v) is 17.4. The molecule has 1 heterocycles. The van der Waals surface area contributed by atoms with Gasteiger partial charge in [0.15, 0.2) is 11.5 Å². The number of rotatable bonds is 6. The van der Waals surface area contributed by atoms with Crippen molar-refractivity contribution >= 4 is 17.4 Å². The van der Waals surface area contributed by atoms with E-state index in [0.29, 0.717) is 5.56 Å². The highest BCUT2D eigenvalue weighted by Gasteiger charge is 2.43. The number of carbonyl (C=O) groups excluding carboxylic acids is 1. The first-order chi connectivity index (χ1) is 15.2. The van der Waals surface area contributed by atoms with Crippen LogP contribution in [0.3, 0.4) is 0 Å². The lowest BCUT2D eigenvalue weighted by Crippen LogP contribution is -2.44. The Bertz CT molecular complexity index is 1110. The summed E-state index contributed by atoms with van der Waals surface area (Å²) in [5.74, 6) is -1.65. The highest BCUT2D eigenvalue weighted by Crippen LogP contribution is 2.30. The second-order valence-corrected chi connectivity index (χ2v) is 8.39. The molecule has 1 amide bonds. The molecule has 0 radical (unpaired) electrons. The second-order valence-electron chi connectivity index (χ2n) is 7.33. The van der Waals surface area contributed by atoms with Crippen molar-refractivity contribution in [3.8, 4) is 16.9 Å². The van der Waals surface area contributed by atoms with E-state index < -0.39 is 30.0 Å². The summed E-state index contributed by atoms with van der Waals surface area (Å²) in [6, 6.07) is 8.52. The van der Waals surface area contributed by atoms with Gasteiger partial charge in [-0.3, -0.25) is 4.79 Å². The van der Waals surface area contributed by atoms with Gasteiger partial charge in [0, 0.05) is 16.7 Å². The molecule has 0 unspecified atom stereocenters. The second kappa shape index (κ2) is 8.85. The number of hydrogen-bond acceptors (Lipinski definition) is 3. The van der Waals surface area contributed by atoms with Crippen molar-refractivity contribution < 1.29 is 35.5 Å². The SMILES string of the molecule is O=C(N[n+]1cc2c(s1)CCCC2)c1ccc(-c2ccc(OC(F)(F)C(F)F)cc2)c(F)c1. The van der Waals surface area contributed by atoms with Crippen LogP contribution in [-0.4, -0.2) is 18.4 Å². The molecule has 0 atom stereocenters. The van der Waals surface area contributed by atoms with Crippen LogP contribution >= 0.6 is 11.5 Å². The minimum absolute atomic E-state index is 0.113. The molecule has 0 fully saturated rings. The Morgan fingerprint density at radius 1 is 1.09 bits per heavy atom. The van der Waals surface area contributed by atoms with Gasteiger partial charge in [-0.15, -0.1) is 5.43 Å². The molecule has 168 valence electrons. The number of ether oxygens (including phenoxy) is 1. The van der Waals surface area contributed by atoms with Crippen LogP contribution in [0.25, 0.3) is 11.1 Å². The molecular weight excluding hydrogens is 451 g/mol. The van der Waals surface area contributed by atoms with E-state index in [1.54, 1.807) is 4.07 Å². The van der Waals surface area contributed by atoms with E-state index >= 15 is 0 Å². The average Bonchev–Trinajstić information content (AvgIpc) is 3.16. The van der Waals surface area contributed by atoms with E-state index in [4.69, 9.17) is 0 Å². The zero-order valence-electron chi connectivity index (χ0n) is 16.6. The monoisotopic (exact) mass is 469 g/mol. The molecule has 1 aliphatic carbocycles. The van der Waals surface area contributed by atoms with Crippen molar-refractivity contribution in [3.63, 3.8) is 0 Å². The summed E-state index contributed by atoms with van der Waals surface area (Å²) in [5, 5.41) is 0. The largest absolute Gasteiger partial charge is 0.461 e. The van der Waals surface area contributed by atoms with Gasteiger partial charge in [-0.1, -0.05) is 18.2 Å². The minimum Gasteiger partial charge on any atom is -0.428 e. The Morgan fingerprint density at radius 2 is 1.81 bits per heavy atom. The lowest BCUT2D eigenvalue weighted by Gasteiger charge is -2.17. The Hall–Kier alpha value is -3.01. The van der Waals surface area contributed by atoms with E-state index in [0.717, 1.165) is 43.9 Å². The first-order valence-electron chi connectivity index (χ1n) is 9.83. The summed E-state index contributed by atoms with van der Waals surface area (Å²) < 4.78 is 70.7. The molecule has 2 aromatic carbocycles. The van der Waals surface area contributed by atoms with Gasteiger partial charge in [0.2, 0.25) is 6.20 Å². The maximum absolute atomic E-state index is 14.7. The number of benzene rings is 2. The minimum atomic E-state index is -4.62. The molecule has 1 aromatic heterocycles. The summed E-state index contributed by atoms with van der Waals surface area (Å²) in [4.78, 5) is 13.8. The third-order valence-corrected chi connectivity index (χ3v) is 6.14. The number of amides is 1. The van der Waals surface area contributed by atoms with Crippen LogP contribution in [-0.2, 0) is 12.8 Å². The van der Waals surface area contributed by atoms with Crippen LogP contribution in [0.5, 0.6) is 5.75 Å². The fraction of sp³-hybridized carbons (Fsp3) is 0.273. The summed E-state index contributed by atoms with van der Waals surface area (Å²) in [6.07, 6.45) is -2.53. The lowest BCUT2D eigenvalue weighted by molar-refractivity contribution is -0.569. The number of aryl methyl sites for hydroxylation is 2. The first kappa shape index (κ1) is 22.2. The Labute approximate surface area is 184 Å². The molecule has 3 aromatic rings. The van der Waals surface area contributed by atoms with Gasteiger partial charge in [-0.05, 0) is 59.6 Å². The maximum atomic E-state index is 14.7. The number of halogens is 5. The molecule has 0 saturated heterocycles. The highest BCUT2D eigenvalue weighted by atomic mass is 32.1. The Morgan fingerprint density at radius 3 is 2.47 bits per heavy atom. The van der Waals surface area contributed by atoms with Crippen molar-refractivity contribution in [2.45, 2.75) is 38.2 Å². The summed E-state index contributed by atoms with van der Waals surface area (Å²) in [7, 11) is 0. The summed E-state index contributed by atoms with van der Waals surface area (Å²) in [6.45, 7) is 0. The average molecular weight is 469 g/mol. The van der Waals surface area contributed by atoms with Crippen molar-refractivity contribution in [1.82, 2.24) is 0 Å². The molecule has 10 heteroatoms. The highest BCUT2D eigenvalue weighted by molar-refractivity contribution is 7.02. The molecular formula is C22H18F5N2O2S+. The molecule has 0 saturated carbocycles. The number of nitrogens with zero attached hydrogens (tertiary/aromatic N) is 1. The number of fused-ring (bicyclic) bond motifs is 1. The van der Waals surface area contributed by atoms with Crippen molar-refractivity contribution in [3.05, 3.63) is 70.5 Å². The summed E-state index contributed by atoms with van der Waals surface area (Å²) in [5.41, 5.74) is 4.47. The van der Waals surface area contributed by atoms with Gasteiger partial charge >= 0.3 is 18.4 Å². The molecule has 0 aliphatic heterocycles.